The summed E-state index contributed by atoms with van der Waals surface area (Å²) in [6.45, 7) is 8.49. The predicted molar refractivity (Wildman–Crippen MR) is 374 cm³/mol. The third-order valence-electron chi connectivity index (χ3n) is 16.7. The van der Waals surface area contributed by atoms with Crippen LogP contribution in [0.1, 0.15) is 88.5 Å². The molecule has 0 amide bonds. The molecule has 98 heavy (non-hydrogen) atoms. The van der Waals surface area contributed by atoms with Crippen molar-refractivity contribution in [3.63, 3.8) is 0 Å². The van der Waals surface area contributed by atoms with Gasteiger partial charge in [0.2, 0.25) is 0 Å². The average Bonchev–Trinajstić information content (AvgIpc) is 0.835. The summed E-state index contributed by atoms with van der Waals surface area (Å²) in [7, 11) is 0. The third kappa shape index (κ3) is 19.1. The van der Waals surface area contributed by atoms with Crippen LogP contribution in [0.2, 0.25) is 0 Å². The maximum Gasteiger partial charge on any atom is 0.133 e. The van der Waals surface area contributed by atoms with E-state index in [2.05, 4.69) is 27.7 Å². The zero-order valence-corrected chi connectivity index (χ0v) is 54.7. The molecule has 0 N–H and O–H groups in total. The van der Waals surface area contributed by atoms with Crippen molar-refractivity contribution < 1.29 is 52.7 Å². The Morgan fingerprint density at radius 2 is 0.398 bits per heavy atom. The molecule has 0 bridgehead atoms. The van der Waals surface area contributed by atoms with Crippen molar-refractivity contribution in [2.45, 2.75) is 91.9 Å². The number of unbranched alkanes of at least 4 members (excludes halogenated alkanes) is 3. The summed E-state index contributed by atoms with van der Waals surface area (Å²) in [6.07, 6.45) is 10.8. The van der Waals surface area contributed by atoms with Crippen LogP contribution in [0.5, 0.6) is 0 Å². The SMILES string of the molecule is CCCCCc1ccc(-c2ccc(-c3ccc(F)cc3F)cc2F)cc1.CCCCc1ccc(-c2ccc(-c3ccc(F)cc3F)cc2F)cc1.CCCc1ccc(-c2ccc(-c3ccc(F)cc3F)cc2F)cc1.CCc1ccc(-c2ccc(-c3ccc(F)cc3F)cc2F)cc1. The highest BCUT2D eigenvalue weighted by atomic mass is 19.2. The third-order valence-corrected chi connectivity index (χ3v) is 16.7. The summed E-state index contributed by atoms with van der Waals surface area (Å²) in [6, 6.07) is 62.5. The topological polar surface area (TPSA) is 0 Å². The molecule has 12 aromatic carbocycles. The fourth-order valence-corrected chi connectivity index (χ4v) is 11.3. The van der Waals surface area contributed by atoms with E-state index in [-0.39, 0.29) is 22.3 Å². The van der Waals surface area contributed by atoms with E-state index in [9.17, 15) is 52.7 Å². The summed E-state index contributed by atoms with van der Waals surface area (Å²) in [5.74, 6) is -7.14. The largest absolute Gasteiger partial charge is 0.207 e. The molecule has 0 radical (unpaired) electrons. The summed E-state index contributed by atoms with van der Waals surface area (Å²) in [5, 5.41) is 0. The molecule has 0 unspecified atom stereocenters. The monoisotopic (exact) mass is 1330 g/mol. The van der Waals surface area contributed by atoms with Gasteiger partial charge in [-0.15, -0.1) is 0 Å². The summed E-state index contributed by atoms with van der Waals surface area (Å²) < 4.78 is 166. The minimum atomic E-state index is -0.704. The van der Waals surface area contributed by atoms with Gasteiger partial charge >= 0.3 is 0 Å². The van der Waals surface area contributed by atoms with Gasteiger partial charge in [-0.1, -0.05) is 199 Å². The normalized spacial score (nSPS) is 10.9. The highest BCUT2D eigenvalue weighted by Crippen LogP contribution is 2.35. The fraction of sp³-hybridized carbons (Fsp3) is 0.163. The van der Waals surface area contributed by atoms with Gasteiger partial charge in [0.15, 0.2) is 0 Å². The Morgan fingerprint density at radius 3 is 0.633 bits per heavy atom. The van der Waals surface area contributed by atoms with Gasteiger partial charge in [0.1, 0.15) is 69.8 Å². The van der Waals surface area contributed by atoms with Crippen molar-refractivity contribution in [1.82, 2.24) is 0 Å². The van der Waals surface area contributed by atoms with Crippen molar-refractivity contribution in [3.8, 4) is 89.0 Å². The molecular weight excluding hydrogens is 1260 g/mol. The van der Waals surface area contributed by atoms with Crippen LogP contribution in [0.3, 0.4) is 0 Å². The molecule has 12 rings (SSSR count). The Morgan fingerprint density at radius 1 is 0.184 bits per heavy atom. The number of rotatable bonds is 18. The zero-order valence-electron chi connectivity index (χ0n) is 54.7. The predicted octanol–water partition coefficient (Wildman–Crippen LogP) is 26.3. The molecule has 0 fully saturated rings. The van der Waals surface area contributed by atoms with Gasteiger partial charge in [0.05, 0.1) is 0 Å². The lowest BCUT2D eigenvalue weighted by Crippen LogP contribution is -1.91. The zero-order chi connectivity index (χ0) is 69.8. The van der Waals surface area contributed by atoms with E-state index in [0.29, 0.717) is 44.5 Å². The molecule has 0 nitrogen and oxygen atoms in total. The molecule has 0 aliphatic carbocycles. The smallest absolute Gasteiger partial charge is 0.133 e. The lowest BCUT2D eigenvalue weighted by Gasteiger charge is -2.09. The van der Waals surface area contributed by atoms with Crippen LogP contribution in [0.25, 0.3) is 89.0 Å². The molecule has 0 atom stereocenters. The number of hydrogen-bond donors (Lipinski definition) is 0. The van der Waals surface area contributed by atoms with Crippen molar-refractivity contribution in [2.75, 3.05) is 0 Å². The van der Waals surface area contributed by atoms with Gasteiger partial charge < -0.3 is 0 Å². The molecule has 500 valence electrons. The van der Waals surface area contributed by atoms with Crippen molar-refractivity contribution in [3.05, 3.63) is 335 Å². The van der Waals surface area contributed by atoms with Crippen LogP contribution in [-0.2, 0) is 25.7 Å². The van der Waals surface area contributed by atoms with Crippen LogP contribution in [0.4, 0.5) is 52.7 Å². The van der Waals surface area contributed by atoms with E-state index in [1.165, 1.54) is 95.8 Å². The van der Waals surface area contributed by atoms with Gasteiger partial charge in [-0.05, 0) is 178 Å². The number of benzene rings is 12. The second-order valence-corrected chi connectivity index (χ2v) is 23.7. The summed E-state index contributed by atoms with van der Waals surface area (Å²) in [5.41, 5.74) is 12.1. The molecule has 12 heteroatoms. The van der Waals surface area contributed by atoms with Crippen molar-refractivity contribution >= 4 is 0 Å². The van der Waals surface area contributed by atoms with Gasteiger partial charge in [-0.25, -0.2) is 52.7 Å². The van der Waals surface area contributed by atoms with Crippen LogP contribution in [-0.4, -0.2) is 0 Å². The first-order valence-corrected chi connectivity index (χ1v) is 32.7. The molecule has 0 saturated carbocycles. The second-order valence-electron chi connectivity index (χ2n) is 23.7. The first-order chi connectivity index (χ1) is 47.3. The number of aryl methyl sites for hydroxylation is 4. The van der Waals surface area contributed by atoms with Crippen LogP contribution < -0.4 is 0 Å². The Hall–Kier alpha value is -10.2. The van der Waals surface area contributed by atoms with Crippen molar-refractivity contribution in [2.24, 2.45) is 0 Å². The minimum Gasteiger partial charge on any atom is -0.207 e. The van der Waals surface area contributed by atoms with E-state index in [1.54, 1.807) is 48.5 Å². The van der Waals surface area contributed by atoms with E-state index in [0.717, 1.165) is 110 Å². The molecule has 0 aliphatic rings. The Bertz CT molecular complexity index is 4620. The van der Waals surface area contributed by atoms with E-state index in [4.69, 9.17) is 0 Å². The molecular formula is C86H72F12. The Kier molecular flexibility index (Phi) is 25.5. The molecule has 0 spiro atoms. The summed E-state index contributed by atoms with van der Waals surface area (Å²) in [4.78, 5) is 0. The standard InChI is InChI=1S/C23H21F3.C22H19F3.C21H17F3.C20H15F3/c1-2-3-4-5-16-6-8-17(9-7-16)20-12-10-18(14-22(20)25)21-13-11-19(24)15-23(21)26;1-2-3-4-15-5-7-16(8-6-15)19-11-9-17(13-21(19)24)20-12-10-18(23)14-22(20)25;1-2-3-14-4-6-15(7-5-14)18-10-8-16(12-20(18)23)19-11-9-17(22)13-21(19)24;1-2-13-3-5-14(6-4-13)17-9-7-15(11-19(17)22)18-10-8-16(21)12-20(18)23/h6-15H,2-5H2,1H3;5-14H,2-4H2,1H3;4-13H,2-3H2,1H3;3-12H,2H2,1H3. The van der Waals surface area contributed by atoms with E-state index < -0.39 is 69.8 Å². The summed E-state index contributed by atoms with van der Waals surface area (Å²) >= 11 is 0. The first-order valence-electron chi connectivity index (χ1n) is 32.7. The van der Waals surface area contributed by atoms with E-state index >= 15 is 0 Å². The van der Waals surface area contributed by atoms with Gasteiger partial charge in [0.25, 0.3) is 0 Å². The highest BCUT2D eigenvalue weighted by Gasteiger charge is 2.17. The van der Waals surface area contributed by atoms with E-state index in [1.807, 2.05) is 97.1 Å². The first kappa shape index (κ1) is 72.1. The molecule has 0 aliphatic heterocycles. The Labute approximate surface area is 565 Å². The average molecular weight is 1330 g/mol. The maximum absolute atomic E-state index is 14.6. The van der Waals surface area contributed by atoms with Crippen molar-refractivity contribution in [1.29, 1.82) is 0 Å². The maximum atomic E-state index is 14.6. The molecule has 12 aromatic rings. The van der Waals surface area contributed by atoms with Gasteiger partial charge in [-0.3, -0.25) is 0 Å². The van der Waals surface area contributed by atoms with Gasteiger partial charge in [-0.2, -0.15) is 0 Å². The quantitative estimate of drug-likeness (QED) is 0.0593. The highest BCUT2D eigenvalue weighted by molar-refractivity contribution is 5.75. The number of hydrogen-bond acceptors (Lipinski definition) is 0. The Balaban J connectivity index is 0.000000153. The molecule has 0 saturated heterocycles. The number of halogens is 12. The van der Waals surface area contributed by atoms with Gasteiger partial charge in [0, 0.05) is 68.8 Å². The lowest BCUT2D eigenvalue weighted by atomic mass is 9.98. The minimum absolute atomic E-state index is 0.179. The fourth-order valence-electron chi connectivity index (χ4n) is 11.3. The molecule has 0 heterocycles. The second kappa shape index (κ2) is 34.6. The molecule has 0 aromatic heterocycles. The van der Waals surface area contributed by atoms with Crippen LogP contribution in [0, 0.1) is 69.8 Å². The van der Waals surface area contributed by atoms with Crippen LogP contribution in [0.15, 0.2) is 243 Å². The lowest BCUT2D eigenvalue weighted by molar-refractivity contribution is 0.584. The van der Waals surface area contributed by atoms with Crippen LogP contribution >= 0.6 is 0 Å².